The smallest absolute Gasteiger partial charge is 0.350 e. The average molecular weight is 1560 g/mol. The molecule has 0 saturated heterocycles. The van der Waals surface area contributed by atoms with Crippen molar-refractivity contribution in [2.24, 2.45) is 49.7 Å². The lowest BCUT2D eigenvalue weighted by Crippen LogP contribution is -2.46. The van der Waals surface area contributed by atoms with E-state index in [1.54, 1.807) is 104 Å². The lowest BCUT2D eigenvalue weighted by atomic mass is 9.79. The Morgan fingerprint density at radius 3 is 0.771 bits per heavy atom. The van der Waals surface area contributed by atoms with Crippen LogP contribution in [0.2, 0.25) is 0 Å². The third kappa shape index (κ3) is 49.6. The van der Waals surface area contributed by atoms with Gasteiger partial charge in [-0.1, -0.05) is 104 Å². The molecule has 0 unspecified atom stereocenters. The molecule has 0 aliphatic carbocycles. The molecule has 0 heterocycles. The van der Waals surface area contributed by atoms with E-state index in [1.807, 2.05) is 187 Å². The van der Waals surface area contributed by atoms with Gasteiger partial charge in [0.1, 0.15) is 33.6 Å². The molecule has 0 aromatic heterocycles. The van der Waals surface area contributed by atoms with Gasteiger partial charge in [0.2, 0.25) is 5.60 Å². The fourth-order valence-electron chi connectivity index (χ4n) is 5.73. The van der Waals surface area contributed by atoms with Crippen molar-refractivity contribution in [3.05, 3.63) is 0 Å². The van der Waals surface area contributed by atoms with Gasteiger partial charge in [0.05, 0.1) is 39.1 Å². The van der Waals surface area contributed by atoms with E-state index in [4.69, 9.17) is 56.8 Å². The molecule has 0 aromatic rings. The highest BCUT2D eigenvalue weighted by atomic mass is 16.6. The summed E-state index contributed by atoms with van der Waals surface area (Å²) in [6.45, 7) is 76.8. The summed E-state index contributed by atoms with van der Waals surface area (Å²) in [6.07, 6.45) is 6.32. The standard InChI is InChI=1S/C16H30O4.2C15H28O4.C14H26O4.C13H24O4.C12H22O4/c1-10-14(4,5)12(17)19-16(8,9)13(18)20-15(6,7)11(2)3;1-9-14(5,6)12(17)18-10-11(16)19-15(7,8)13(2,3)4;1-7-14(3,4)13(17)18-11-9-10-12(16)19-15(5,6)8-2;1-8-13(4,5)12(16)17-9-11(15)18-14(6,7)10(2)3;1-7-12(3,4)11(15)16-9-10(14)17-13(5,6)8-2;1-7-12(5,6)10(14)15-8-9(13)16-11(2,3)4/h11H,10H2,1-9H3;9-10H2,1-8H3;7-11H2,1-6H3;10H,8-9H2,1-7H3;7-9H2,1-6H3;7-8H2,1-6H3. The Kier molecular flexibility index (Phi) is 49.9. The van der Waals surface area contributed by atoms with E-state index in [0.717, 1.165) is 12.8 Å². The van der Waals surface area contributed by atoms with E-state index in [9.17, 15) is 57.5 Å². The first-order valence-electron chi connectivity index (χ1n) is 38.9. The number of hydrogen-bond acceptors (Lipinski definition) is 24. The highest BCUT2D eigenvalue weighted by Gasteiger charge is 2.43. The molecule has 642 valence electrons. The predicted molar refractivity (Wildman–Crippen MR) is 425 cm³/mol. The number of rotatable bonds is 35. The minimum Gasteiger partial charge on any atom is -0.465 e. The predicted octanol–water partition coefficient (Wildman–Crippen LogP) is 18.5. The Labute approximate surface area is 660 Å². The van der Waals surface area contributed by atoms with Gasteiger partial charge in [-0.05, 0) is 257 Å². The van der Waals surface area contributed by atoms with Gasteiger partial charge in [0, 0.05) is 11.8 Å². The minimum absolute atomic E-state index is 0.171. The molecule has 0 aromatic carbocycles. The van der Waals surface area contributed by atoms with Crippen molar-refractivity contribution >= 4 is 71.6 Å². The van der Waals surface area contributed by atoms with Crippen LogP contribution >= 0.6 is 0 Å². The fraction of sp³-hybridized carbons (Fsp3) is 0.859. The number of ether oxygens (including phenoxy) is 12. The van der Waals surface area contributed by atoms with Crippen molar-refractivity contribution in [1.29, 1.82) is 0 Å². The Morgan fingerprint density at radius 2 is 0.505 bits per heavy atom. The summed E-state index contributed by atoms with van der Waals surface area (Å²) < 4.78 is 62.0. The summed E-state index contributed by atoms with van der Waals surface area (Å²) in [5.41, 5.74) is -8.01. The molecule has 0 bridgehead atoms. The van der Waals surface area contributed by atoms with Gasteiger partial charge in [0.15, 0.2) is 26.4 Å². The number of hydrogen-bond donors (Lipinski definition) is 0. The lowest BCUT2D eigenvalue weighted by molar-refractivity contribution is -0.194. The van der Waals surface area contributed by atoms with Crippen molar-refractivity contribution in [3.63, 3.8) is 0 Å². The van der Waals surface area contributed by atoms with Crippen molar-refractivity contribution in [3.8, 4) is 0 Å². The van der Waals surface area contributed by atoms with E-state index < -0.39 is 102 Å². The normalized spacial score (nSPS) is 12.6. The summed E-state index contributed by atoms with van der Waals surface area (Å²) in [5.74, 6) is -4.51. The van der Waals surface area contributed by atoms with E-state index in [0.29, 0.717) is 44.9 Å². The molecule has 0 spiro atoms. The minimum atomic E-state index is -1.28. The summed E-state index contributed by atoms with van der Waals surface area (Å²) >= 11 is 0. The zero-order valence-corrected chi connectivity index (χ0v) is 76.6. The van der Waals surface area contributed by atoms with Crippen molar-refractivity contribution in [1.82, 2.24) is 0 Å². The molecular formula is C85H158O24. The average Bonchev–Trinajstić information content (AvgIpc) is 0.824. The molecule has 0 atom stereocenters. The van der Waals surface area contributed by atoms with Gasteiger partial charge in [-0.25, -0.2) is 24.0 Å². The Morgan fingerprint density at radius 1 is 0.257 bits per heavy atom. The topological polar surface area (TPSA) is 316 Å². The van der Waals surface area contributed by atoms with Crippen LogP contribution in [0.3, 0.4) is 0 Å². The zero-order chi connectivity index (χ0) is 88.2. The third-order valence-corrected chi connectivity index (χ3v) is 20.1. The molecule has 24 heteroatoms. The molecule has 0 aliphatic rings. The van der Waals surface area contributed by atoms with Gasteiger partial charge >= 0.3 is 71.6 Å². The number of carbonyl (C=O) groups is 12. The van der Waals surface area contributed by atoms with Crippen LogP contribution in [-0.4, -0.2) is 144 Å². The van der Waals surface area contributed by atoms with Gasteiger partial charge < -0.3 is 56.8 Å². The first-order chi connectivity index (χ1) is 48.5. The Hall–Kier alpha value is -6.36. The number of carbonyl (C=O) groups excluding carboxylic acids is 12. The largest absolute Gasteiger partial charge is 0.465 e. The molecule has 109 heavy (non-hydrogen) atoms. The van der Waals surface area contributed by atoms with Crippen LogP contribution in [0.15, 0.2) is 0 Å². The summed E-state index contributed by atoms with van der Waals surface area (Å²) in [7, 11) is 0. The maximum Gasteiger partial charge on any atom is 0.350 e. The molecule has 0 amide bonds. The maximum absolute atomic E-state index is 12.2. The third-order valence-electron chi connectivity index (χ3n) is 20.1. The molecule has 0 saturated carbocycles. The Balaban J connectivity index is -0.000000292. The van der Waals surface area contributed by atoms with Crippen LogP contribution in [0.5, 0.6) is 0 Å². The Bertz CT molecular complexity index is 2820. The molecule has 0 rings (SSSR count). The van der Waals surface area contributed by atoms with E-state index in [1.165, 1.54) is 0 Å². The monoisotopic (exact) mass is 1560 g/mol. The summed E-state index contributed by atoms with van der Waals surface area (Å²) in [4.78, 5) is 140. The van der Waals surface area contributed by atoms with Crippen LogP contribution < -0.4 is 0 Å². The van der Waals surface area contributed by atoms with Gasteiger partial charge in [-0.3, -0.25) is 33.6 Å². The van der Waals surface area contributed by atoms with Crippen LogP contribution in [0.4, 0.5) is 0 Å². The van der Waals surface area contributed by atoms with Crippen molar-refractivity contribution in [2.75, 3.05) is 33.0 Å². The second kappa shape index (κ2) is 47.9. The maximum atomic E-state index is 12.2. The number of esters is 12. The molecule has 0 radical (unpaired) electrons. The van der Waals surface area contributed by atoms with E-state index >= 15 is 0 Å². The first-order valence-corrected chi connectivity index (χ1v) is 38.9. The van der Waals surface area contributed by atoms with Crippen molar-refractivity contribution in [2.45, 2.75) is 394 Å². The SMILES string of the molecule is CCC(C)(C)C(=O)OC(C)(C)C(=O)OC(C)(C)C(C)C.CCC(C)(C)C(=O)OCC(=O)OC(C)(C)C.CCC(C)(C)C(=O)OCC(=O)OC(C)(C)C(C)(C)C.CCC(C)(C)C(=O)OCC(=O)OC(C)(C)C(C)C.CCC(C)(C)OC(=O)CCCOC(=O)C(C)(C)CC.CCC(C)(C)OC(=O)COC(=O)C(C)(C)CC. The highest BCUT2D eigenvalue weighted by Crippen LogP contribution is 2.34. The van der Waals surface area contributed by atoms with Crippen LogP contribution in [0.1, 0.15) is 355 Å². The molecule has 0 N–H and O–H groups in total. The molecule has 0 fully saturated rings. The zero-order valence-electron chi connectivity index (χ0n) is 76.6. The van der Waals surface area contributed by atoms with Crippen LogP contribution in [0, 0.1) is 49.7 Å². The summed E-state index contributed by atoms with van der Waals surface area (Å²) in [5, 5.41) is 0. The highest BCUT2D eigenvalue weighted by molar-refractivity contribution is 5.85. The van der Waals surface area contributed by atoms with Gasteiger partial charge in [-0.15, -0.1) is 0 Å². The second-order valence-corrected chi connectivity index (χ2v) is 37.2. The van der Waals surface area contributed by atoms with Crippen LogP contribution in [-0.2, 0) is 114 Å². The van der Waals surface area contributed by atoms with Gasteiger partial charge in [-0.2, -0.15) is 0 Å². The lowest BCUT2D eigenvalue weighted by Gasteiger charge is -2.37. The molecular weight excluding hydrogens is 1400 g/mol. The van der Waals surface area contributed by atoms with Gasteiger partial charge in [0.25, 0.3) is 0 Å². The van der Waals surface area contributed by atoms with E-state index in [2.05, 4.69) is 0 Å². The molecule has 24 nitrogen and oxygen atoms in total. The second-order valence-electron chi connectivity index (χ2n) is 37.2. The summed E-state index contributed by atoms with van der Waals surface area (Å²) in [6, 6.07) is 0. The van der Waals surface area contributed by atoms with Crippen LogP contribution in [0.25, 0.3) is 0 Å². The quantitative estimate of drug-likeness (QED) is 0.0323. The molecule has 0 aliphatic heterocycles. The first kappa shape index (κ1) is 114. The van der Waals surface area contributed by atoms with Crippen molar-refractivity contribution < 1.29 is 114 Å². The van der Waals surface area contributed by atoms with E-state index in [-0.39, 0.29) is 98.5 Å². The fourth-order valence-corrected chi connectivity index (χ4v) is 5.73.